The molecule has 0 radical (unpaired) electrons. The van der Waals surface area contributed by atoms with Crippen LogP contribution in [-0.4, -0.2) is 46.1 Å². The van der Waals surface area contributed by atoms with E-state index >= 15 is 0 Å². The van der Waals surface area contributed by atoms with Gasteiger partial charge < -0.3 is 14.7 Å². The van der Waals surface area contributed by atoms with Crippen LogP contribution in [0.1, 0.15) is 41.1 Å². The third-order valence-corrected chi connectivity index (χ3v) is 5.96. The van der Waals surface area contributed by atoms with Gasteiger partial charge in [0.1, 0.15) is 10.8 Å². The van der Waals surface area contributed by atoms with Crippen LogP contribution < -0.4 is 5.32 Å². The van der Waals surface area contributed by atoms with Gasteiger partial charge in [0.25, 0.3) is 5.91 Å². The third kappa shape index (κ3) is 3.43. The molecule has 7 heteroatoms. The van der Waals surface area contributed by atoms with Crippen LogP contribution in [0.25, 0.3) is 0 Å². The molecule has 2 unspecified atom stereocenters. The zero-order chi connectivity index (χ0) is 17.2. The number of nitrogens with one attached hydrogen (secondary N) is 1. The fourth-order valence-electron chi connectivity index (χ4n) is 3.75. The number of aromatic nitrogens is 2. The largest absolute Gasteiger partial charge is 0.361 e. The van der Waals surface area contributed by atoms with Crippen molar-refractivity contribution in [2.24, 2.45) is 0 Å². The number of carbonyl (C=O) groups is 1. The predicted octanol–water partition coefficient (Wildman–Crippen LogP) is 2.64. The summed E-state index contributed by atoms with van der Waals surface area (Å²) in [7, 11) is 0. The standard InChI is InChI=1S/C18H22N4O2S/c1-12-9-13(21-24-12)11-25-17-16(3-2-7-20-17)18(23)22-14-4-5-15(22)10-19-8-6-14/h2-3,7,9,14-15,19H,4-6,8,10-11H2,1H3. The highest BCUT2D eigenvalue weighted by Crippen LogP contribution is 2.32. The van der Waals surface area contributed by atoms with E-state index in [1.165, 1.54) is 11.8 Å². The lowest BCUT2D eigenvalue weighted by Crippen LogP contribution is -2.42. The molecule has 4 rings (SSSR count). The van der Waals surface area contributed by atoms with Crippen LogP contribution >= 0.6 is 11.8 Å². The molecule has 2 fully saturated rings. The van der Waals surface area contributed by atoms with Crippen LogP contribution in [0.4, 0.5) is 0 Å². The van der Waals surface area contributed by atoms with E-state index in [2.05, 4.69) is 20.4 Å². The van der Waals surface area contributed by atoms with E-state index in [-0.39, 0.29) is 5.91 Å². The van der Waals surface area contributed by atoms with Gasteiger partial charge in [0.15, 0.2) is 0 Å². The van der Waals surface area contributed by atoms with E-state index in [0.29, 0.717) is 23.4 Å². The Morgan fingerprint density at radius 3 is 3.12 bits per heavy atom. The number of hydrogen-bond donors (Lipinski definition) is 1. The molecule has 2 aliphatic heterocycles. The topological polar surface area (TPSA) is 71.3 Å². The molecule has 2 atom stereocenters. The molecule has 132 valence electrons. The molecular formula is C18H22N4O2S. The SMILES string of the molecule is Cc1cc(CSc2ncccc2C(=O)N2C3CCNCC2CC3)no1. The van der Waals surface area contributed by atoms with Crippen molar-refractivity contribution < 1.29 is 9.32 Å². The maximum Gasteiger partial charge on any atom is 0.257 e. The van der Waals surface area contributed by atoms with Crippen molar-refractivity contribution in [2.75, 3.05) is 13.1 Å². The van der Waals surface area contributed by atoms with Gasteiger partial charge >= 0.3 is 0 Å². The van der Waals surface area contributed by atoms with Gasteiger partial charge in [-0.25, -0.2) is 4.98 Å². The zero-order valence-corrected chi connectivity index (χ0v) is 15.1. The number of aryl methyl sites for hydroxylation is 1. The third-order valence-electron chi connectivity index (χ3n) is 4.92. The van der Waals surface area contributed by atoms with Crippen molar-refractivity contribution >= 4 is 17.7 Å². The summed E-state index contributed by atoms with van der Waals surface area (Å²) in [4.78, 5) is 19.8. The van der Waals surface area contributed by atoms with Gasteiger partial charge in [-0.15, -0.1) is 0 Å². The summed E-state index contributed by atoms with van der Waals surface area (Å²) in [5.74, 6) is 1.55. The summed E-state index contributed by atoms with van der Waals surface area (Å²) in [5, 5.41) is 8.23. The fraction of sp³-hybridized carbons (Fsp3) is 0.500. The van der Waals surface area contributed by atoms with Gasteiger partial charge in [0.2, 0.25) is 0 Å². The van der Waals surface area contributed by atoms with Crippen LogP contribution in [0, 0.1) is 6.92 Å². The number of fused-ring (bicyclic) bond motifs is 2. The van der Waals surface area contributed by atoms with Gasteiger partial charge in [0, 0.05) is 36.6 Å². The molecule has 1 amide bonds. The minimum atomic E-state index is 0.114. The molecule has 0 spiro atoms. The molecule has 6 nitrogen and oxygen atoms in total. The Labute approximate surface area is 151 Å². The molecular weight excluding hydrogens is 336 g/mol. The quantitative estimate of drug-likeness (QED) is 0.847. The van der Waals surface area contributed by atoms with Crippen LogP contribution in [0.15, 0.2) is 33.9 Å². The first-order valence-electron chi connectivity index (χ1n) is 8.76. The van der Waals surface area contributed by atoms with Gasteiger partial charge in [-0.05, 0) is 44.9 Å². The Kier molecular flexibility index (Phi) is 4.76. The lowest BCUT2D eigenvalue weighted by atomic mass is 10.1. The molecule has 2 bridgehead atoms. The first-order valence-corrected chi connectivity index (χ1v) is 9.74. The van der Waals surface area contributed by atoms with E-state index in [1.54, 1.807) is 6.20 Å². The van der Waals surface area contributed by atoms with Crippen molar-refractivity contribution in [3.8, 4) is 0 Å². The molecule has 0 aliphatic carbocycles. The Bertz CT molecular complexity index is 749. The second-order valence-corrected chi connectivity index (χ2v) is 7.63. The molecule has 2 aliphatic rings. The summed E-state index contributed by atoms with van der Waals surface area (Å²) in [6.45, 7) is 3.76. The van der Waals surface area contributed by atoms with E-state index in [4.69, 9.17) is 4.52 Å². The summed E-state index contributed by atoms with van der Waals surface area (Å²) < 4.78 is 5.11. The van der Waals surface area contributed by atoms with Gasteiger partial charge in [-0.3, -0.25) is 4.79 Å². The molecule has 2 aromatic rings. The maximum absolute atomic E-state index is 13.3. The second kappa shape index (κ2) is 7.17. The van der Waals surface area contributed by atoms with Gasteiger partial charge in [-0.2, -0.15) is 0 Å². The normalized spacial score (nSPS) is 22.8. The lowest BCUT2D eigenvalue weighted by molar-refractivity contribution is 0.0676. The highest BCUT2D eigenvalue weighted by molar-refractivity contribution is 7.98. The minimum absolute atomic E-state index is 0.114. The molecule has 1 N–H and O–H groups in total. The molecule has 2 aromatic heterocycles. The number of amides is 1. The van der Waals surface area contributed by atoms with Crippen molar-refractivity contribution in [2.45, 2.75) is 49.0 Å². The lowest BCUT2D eigenvalue weighted by Gasteiger charge is -2.28. The van der Waals surface area contributed by atoms with Crippen LogP contribution in [0.3, 0.4) is 0 Å². The van der Waals surface area contributed by atoms with E-state index in [1.807, 2.05) is 25.1 Å². The average molecular weight is 358 g/mol. The number of hydrogen-bond acceptors (Lipinski definition) is 6. The molecule has 4 heterocycles. The smallest absolute Gasteiger partial charge is 0.257 e. The maximum atomic E-state index is 13.3. The number of carbonyl (C=O) groups excluding carboxylic acids is 1. The van der Waals surface area contributed by atoms with Crippen LogP contribution in [0.2, 0.25) is 0 Å². The van der Waals surface area contributed by atoms with Crippen molar-refractivity contribution in [3.63, 3.8) is 0 Å². The van der Waals surface area contributed by atoms with Gasteiger partial charge in [0.05, 0.1) is 11.3 Å². The minimum Gasteiger partial charge on any atom is -0.361 e. The predicted molar refractivity (Wildman–Crippen MR) is 95.5 cm³/mol. The number of pyridine rings is 1. The Morgan fingerprint density at radius 1 is 1.40 bits per heavy atom. The first-order chi connectivity index (χ1) is 12.2. The summed E-state index contributed by atoms with van der Waals surface area (Å²) >= 11 is 1.54. The first kappa shape index (κ1) is 16.6. The summed E-state index contributed by atoms with van der Waals surface area (Å²) in [6.07, 6.45) is 4.97. The zero-order valence-electron chi connectivity index (χ0n) is 14.3. The van der Waals surface area contributed by atoms with Crippen LogP contribution in [0.5, 0.6) is 0 Å². The number of thioether (sulfide) groups is 1. The van der Waals surface area contributed by atoms with Gasteiger partial charge in [-0.1, -0.05) is 16.9 Å². The summed E-state index contributed by atoms with van der Waals surface area (Å²) in [5.41, 5.74) is 1.57. The van der Waals surface area contributed by atoms with E-state index < -0.39 is 0 Å². The number of nitrogens with zero attached hydrogens (tertiary/aromatic N) is 3. The second-order valence-electron chi connectivity index (χ2n) is 6.66. The van der Waals surface area contributed by atoms with E-state index in [0.717, 1.165) is 48.8 Å². The average Bonchev–Trinajstić information content (AvgIpc) is 3.14. The van der Waals surface area contributed by atoms with Crippen molar-refractivity contribution in [3.05, 3.63) is 41.4 Å². The van der Waals surface area contributed by atoms with Crippen molar-refractivity contribution in [1.29, 1.82) is 0 Å². The highest BCUT2D eigenvalue weighted by Gasteiger charge is 2.39. The monoisotopic (exact) mass is 358 g/mol. The summed E-state index contributed by atoms with van der Waals surface area (Å²) in [6, 6.07) is 6.30. The van der Waals surface area contributed by atoms with E-state index in [9.17, 15) is 4.79 Å². The Morgan fingerprint density at radius 2 is 2.28 bits per heavy atom. The Balaban J connectivity index is 1.54. The van der Waals surface area contributed by atoms with Crippen molar-refractivity contribution in [1.82, 2.24) is 20.4 Å². The number of rotatable bonds is 4. The molecule has 0 aromatic carbocycles. The van der Waals surface area contributed by atoms with Crippen LogP contribution in [-0.2, 0) is 5.75 Å². The fourth-order valence-corrected chi connectivity index (χ4v) is 4.62. The molecule has 0 saturated carbocycles. The molecule has 25 heavy (non-hydrogen) atoms. The highest BCUT2D eigenvalue weighted by atomic mass is 32.2. The Hall–Kier alpha value is -1.86. The molecule has 2 saturated heterocycles.